The van der Waals surface area contributed by atoms with Crippen LogP contribution in [0.5, 0.6) is 0 Å². The molecule has 2 rings (SSSR count). The zero-order chi connectivity index (χ0) is 15.7. The first-order valence-corrected chi connectivity index (χ1v) is 7.69. The maximum absolute atomic E-state index is 9.46. The van der Waals surface area contributed by atoms with Gasteiger partial charge in [0.1, 0.15) is 0 Å². The molecule has 1 aromatic heterocycles. The lowest BCUT2D eigenvalue weighted by Gasteiger charge is -2.43. The van der Waals surface area contributed by atoms with E-state index in [1.165, 1.54) is 0 Å². The third kappa shape index (κ3) is 3.71. The maximum atomic E-state index is 9.46. The van der Waals surface area contributed by atoms with Crippen LogP contribution in [0.1, 0.15) is 40.3 Å². The highest BCUT2D eigenvalue weighted by atomic mass is 16.3. The number of aliphatic hydroxyl groups is 1. The molecule has 0 unspecified atom stereocenters. The second kappa shape index (κ2) is 5.89. The van der Waals surface area contributed by atoms with E-state index in [0.29, 0.717) is 0 Å². The molecule has 1 fully saturated rings. The molecule has 0 spiro atoms. The molecule has 0 atom stereocenters. The second-order valence-corrected chi connectivity index (χ2v) is 7.47. The van der Waals surface area contributed by atoms with Crippen molar-refractivity contribution in [3.05, 3.63) is 17.8 Å². The van der Waals surface area contributed by atoms with Gasteiger partial charge in [-0.25, -0.2) is 0 Å². The molecule has 1 aliphatic heterocycles. The van der Waals surface area contributed by atoms with Gasteiger partial charge in [-0.2, -0.15) is 5.10 Å². The van der Waals surface area contributed by atoms with Gasteiger partial charge >= 0.3 is 0 Å². The first kappa shape index (κ1) is 16.2. The molecule has 118 valence electrons. The topological polar surface area (TPSA) is 52.5 Å². The predicted octanol–water partition coefficient (Wildman–Crippen LogP) is 1.67. The number of rotatable bonds is 3. The normalized spacial score (nSPS) is 18.1. The van der Waals surface area contributed by atoms with E-state index < -0.39 is 0 Å². The number of hydrogen-bond donors (Lipinski definition) is 1. The average Bonchev–Trinajstić information content (AvgIpc) is 2.47. The number of nitrogens with zero attached hydrogens (tertiary/aromatic N) is 4. The summed E-state index contributed by atoms with van der Waals surface area (Å²) in [5.74, 6) is 0.949. The molecular formula is C16H28N4O. The van der Waals surface area contributed by atoms with Crippen LogP contribution in [0, 0.1) is 0 Å². The van der Waals surface area contributed by atoms with E-state index in [-0.39, 0.29) is 17.6 Å². The van der Waals surface area contributed by atoms with E-state index in [2.05, 4.69) is 66.7 Å². The molecule has 1 saturated heterocycles. The van der Waals surface area contributed by atoms with Crippen LogP contribution in [0.3, 0.4) is 0 Å². The zero-order valence-electron chi connectivity index (χ0n) is 13.9. The Labute approximate surface area is 128 Å². The number of aromatic nitrogens is 2. The third-order valence-electron chi connectivity index (χ3n) is 4.27. The summed E-state index contributed by atoms with van der Waals surface area (Å²) in [5, 5.41) is 18.2. The first-order chi connectivity index (χ1) is 9.74. The molecule has 0 bridgehead atoms. The van der Waals surface area contributed by atoms with Crippen molar-refractivity contribution in [3.63, 3.8) is 0 Å². The van der Waals surface area contributed by atoms with Crippen LogP contribution in [0.2, 0.25) is 0 Å². The SMILES string of the molecule is CC(C)(C)c1ccc(N2CCN(C(C)(C)CO)CC2)nn1. The van der Waals surface area contributed by atoms with E-state index >= 15 is 0 Å². The Bertz CT molecular complexity index is 456. The lowest BCUT2D eigenvalue weighted by molar-refractivity contribution is 0.0525. The largest absolute Gasteiger partial charge is 0.394 e. The highest BCUT2D eigenvalue weighted by Gasteiger charge is 2.29. The van der Waals surface area contributed by atoms with E-state index in [4.69, 9.17) is 0 Å². The van der Waals surface area contributed by atoms with Gasteiger partial charge in [-0.1, -0.05) is 20.8 Å². The highest BCUT2D eigenvalue weighted by molar-refractivity contribution is 5.38. The molecule has 5 nitrogen and oxygen atoms in total. The van der Waals surface area contributed by atoms with Crippen molar-refractivity contribution in [1.29, 1.82) is 0 Å². The molecule has 21 heavy (non-hydrogen) atoms. The quantitative estimate of drug-likeness (QED) is 0.918. The molecular weight excluding hydrogens is 264 g/mol. The number of anilines is 1. The summed E-state index contributed by atoms with van der Waals surface area (Å²) in [6.07, 6.45) is 0. The van der Waals surface area contributed by atoms with Crippen molar-refractivity contribution < 1.29 is 5.11 Å². The van der Waals surface area contributed by atoms with Gasteiger partial charge < -0.3 is 10.0 Å². The smallest absolute Gasteiger partial charge is 0.151 e. The molecule has 0 aliphatic carbocycles. The minimum Gasteiger partial charge on any atom is -0.394 e. The molecule has 5 heteroatoms. The Morgan fingerprint density at radius 1 is 1.00 bits per heavy atom. The monoisotopic (exact) mass is 292 g/mol. The van der Waals surface area contributed by atoms with Crippen LogP contribution in [0.25, 0.3) is 0 Å². The van der Waals surface area contributed by atoms with Gasteiger partial charge in [-0.05, 0) is 26.0 Å². The lowest BCUT2D eigenvalue weighted by Crippen LogP contribution is -2.56. The van der Waals surface area contributed by atoms with Crippen molar-refractivity contribution in [1.82, 2.24) is 15.1 Å². The Morgan fingerprint density at radius 2 is 1.62 bits per heavy atom. The van der Waals surface area contributed by atoms with Crippen LogP contribution in [0.15, 0.2) is 12.1 Å². The van der Waals surface area contributed by atoms with Crippen LogP contribution >= 0.6 is 0 Å². The van der Waals surface area contributed by atoms with E-state index in [0.717, 1.165) is 37.7 Å². The molecule has 0 saturated carbocycles. The molecule has 0 radical (unpaired) electrons. The highest BCUT2D eigenvalue weighted by Crippen LogP contribution is 2.22. The van der Waals surface area contributed by atoms with Crippen molar-refractivity contribution in [3.8, 4) is 0 Å². The van der Waals surface area contributed by atoms with Gasteiger partial charge in [-0.3, -0.25) is 4.90 Å². The van der Waals surface area contributed by atoms with Crippen molar-refractivity contribution in [2.24, 2.45) is 0 Å². The van der Waals surface area contributed by atoms with Gasteiger partial charge in [0, 0.05) is 37.1 Å². The summed E-state index contributed by atoms with van der Waals surface area (Å²) in [6.45, 7) is 14.5. The standard InChI is InChI=1S/C16H28N4O/c1-15(2,3)13-6-7-14(18-17-13)19-8-10-20(11-9-19)16(4,5)12-21/h6-7,21H,8-12H2,1-5H3. The Morgan fingerprint density at radius 3 is 2.05 bits per heavy atom. The summed E-state index contributed by atoms with van der Waals surface area (Å²) in [5.41, 5.74) is 0.912. The number of piperazine rings is 1. The molecule has 1 aromatic rings. The number of aliphatic hydroxyl groups excluding tert-OH is 1. The fourth-order valence-corrected chi connectivity index (χ4v) is 2.53. The molecule has 1 aliphatic rings. The molecule has 2 heterocycles. The van der Waals surface area contributed by atoms with Gasteiger partial charge in [-0.15, -0.1) is 5.10 Å². The average molecular weight is 292 g/mol. The van der Waals surface area contributed by atoms with E-state index in [1.807, 2.05) is 0 Å². The summed E-state index contributed by atoms with van der Waals surface area (Å²) < 4.78 is 0. The van der Waals surface area contributed by atoms with Crippen LogP contribution in [-0.2, 0) is 5.41 Å². The minimum atomic E-state index is -0.145. The minimum absolute atomic E-state index is 0.0371. The Balaban J connectivity index is 2.00. The summed E-state index contributed by atoms with van der Waals surface area (Å²) in [4.78, 5) is 4.60. The van der Waals surface area contributed by atoms with Crippen molar-refractivity contribution >= 4 is 5.82 Å². The summed E-state index contributed by atoms with van der Waals surface area (Å²) in [6, 6.07) is 4.15. The van der Waals surface area contributed by atoms with Crippen LogP contribution in [0.4, 0.5) is 5.82 Å². The maximum Gasteiger partial charge on any atom is 0.151 e. The molecule has 1 N–H and O–H groups in total. The first-order valence-electron chi connectivity index (χ1n) is 7.69. The van der Waals surface area contributed by atoms with Crippen LogP contribution in [-0.4, -0.2) is 58.5 Å². The van der Waals surface area contributed by atoms with E-state index in [9.17, 15) is 5.11 Å². The second-order valence-electron chi connectivity index (χ2n) is 7.47. The van der Waals surface area contributed by atoms with Crippen molar-refractivity contribution in [2.45, 2.75) is 45.6 Å². The zero-order valence-corrected chi connectivity index (χ0v) is 13.9. The van der Waals surface area contributed by atoms with Gasteiger partial charge in [0.05, 0.1) is 12.3 Å². The van der Waals surface area contributed by atoms with Gasteiger partial charge in [0.15, 0.2) is 5.82 Å². The fraction of sp³-hybridized carbons (Fsp3) is 0.750. The lowest BCUT2D eigenvalue weighted by atomic mass is 9.92. The fourth-order valence-electron chi connectivity index (χ4n) is 2.53. The molecule has 0 aromatic carbocycles. The Kier molecular flexibility index (Phi) is 4.54. The van der Waals surface area contributed by atoms with Crippen LogP contribution < -0.4 is 4.90 Å². The summed E-state index contributed by atoms with van der Waals surface area (Å²) in [7, 11) is 0. The Hall–Kier alpha value is -1.20. The number of hydrogen-bond acceptors (Lipinski definition) is 5. The van der Waals surface area contributed by atoms with E-state index in [1.54, 1.807) is 0 Å². The predicted molar refractivity (Wildman–Crippen MR) is 85.7 cm³/mol. The van der Waals surface area contributed by atoms with Crippen molar-refractivity contribution in [2.75, 3.05) is 37.7 Å². The third-order valence-corrected chi connectivity index (χ3v) is 4.27. The van der Waals surface area contributed by atoms with Gasteiger partial charge in [0.25, 0.3) is 0 Å². The molecule has 0 amide bonds. The summed E-state index contributed by atoms with van der Waals surface area (Å²) >= 11 is 0. The van der Waals surface area contributed by atoms with Gasteiger partial charge in [0.2, 0.25) is 0 Å².